The summed E-state index contributed by atoms with van der Waals surface area (Å²) in [6.07, 6.45) is 2.19. The highest BCUT2D eigenvalue weighted by Crippen LogP contribution is 2.44. The van der Waals surface area contributed by atoms with E-state index in [2.05, 4.69) is 4.98 Å². The number of aromatic nitrogens is 1. The molecule has 1 aliphatic carbocycles. The number of hydrogen-bond donors (Lipinski definition) is 2. The normalized spacial score (nSPS) is 23.4. The first kappa shape index (κ1) is 15.0. The van der Waals surface area contributed by atoms with Crippen LogP contribution in [0.25, 0.3) is 11.3 Å². The molecule has 2 aliphatic rings. The Labute approximate surface area is 140 Å². The Hall–Kier alpha value is -2.56. The molecule has 2 N–H and O–H groups in total. The van der Waals surface area contributed by atoms with E-state index in [0.717, 1.165) is 24.1 Å². The van der Waals surface area contributed by atoms with Gasteiger partial charge in [0.05, 0.1) is 5.92 Å². The summed E-state index contributed by atoms with van der Waals surface area (Å²) in [5.74, 6) is -0.724. The molecule has 2 aromatic rings. The van der Waals surface area contributed by atoms with E-state index in [4.69, 9.17) is 0 Å². The minimum absolute atomic E-state index is 0.105. The monoisotopic (exact) mass is 324 g/mol. The number of aliphatic carboxylic acids is 1. The van der Waals surface area contributed by atoms with E-state index in [9.17, 15) is 14.7 Å². The maximum Gasteiger partial charge on any atom is 0.308 e. The Morgan fingerprint density at radius 1 is 1.04 bits per heavy atom. The molecular formula is C19H20N2O3. The molecule has 1 amide bonds. The van der Waals surface area contributed by atoms with Crippen LogP contribution in [0.1, 0.15) is 23.3 Å². The number of aromatic amines is 1. The van der Waals surface area contributed by atoms with Crippen LogP contribution in [0, 0.1) is 17.8 Å². The van der Waals surface area contributed by atoms with E-state index in [1.807, 2.05) is 36.4 Å². The molecule has 2 atom stereocenters. The van der Waals surface area contributed by atoms with Gasteiger partial charge in [0.25, 0.3) is 5.91 Å². The first-order chi connectivity index (χ1) is 11.6. The SMILES string of the molecule is O=C(O)[C@H]1CN(C(=O)c2ccc(-c3ccccc3)[nH]2)C[C@@H]1C1CC1. The summed E-state index contributed by atoms with van der Waals surface area (Å²) in [6.45, 7) is 0.870. The lowest BCUT2D eigenvalue weighted by molar-refractivity contribution is -0.142. The number of carbonyl (C=O) groups excluding carboxylic acids is 1. The van der Waals surface area contributed by atoms with Crippen molar-refractivity contribution in [3.63, 3.8) is 0 Å². The quantitative estimate of drug-likeness (QED) is 0.908. The van der Waals surface area contributed by atoms with Crippen LogP contribution in [-0.2, 0) is 4.79 Å². The molecule has 1 saturated carbocycles. The molecule has 24 heavy (non-hydrogen) atoms. The van der Waals surface area contributed by atoms with E-state index in [1.165, 1.54) is 0 Å². The second-order valence-electron chi connectivity index (χ2n) is 6.81. The van der Waals surface area contributed by atoms with E-state index < -0.39 is 11.9 Å². The fourth-order valence-electron chi connectivity index (χ4n) is 3.73. The predicted molar refractivity (Wildman–Crippen MR) is 89.5 cm³/mol. The zero-order valence-corrected chi connectivity index (χ0v) is 13.3. The van der Waals surface area contributed by atoms with Gasteiger partial charge >= 0.3 is 5.97 Å². The minimum atomic E-state index is -0.779. The van der Waals surface area contributed by atoms with Crippen molar-refractivity contribution in [1.29, 1.82) is 0 Å². The number of carbonyl (C=O) groups is 2. The zero-order valence-electron chi connectivity index (χ0n) is 13.3. The highest BCUT2D eigenvalue weighted by molar-refractivity contribution is 5.94. The molecule has 0 bridgehead atoms. The Balaban J connectivity index is 1.52. The Kier molecular flexibility index (Phi) is 3.63. The largest absolute Gasteiger partial charge is 0.481 e. The number of carboxylic acid groups (broad SMARTS) is 1. The lowest BCUT2D eigenvalue weighted by Crippen LogP contribution is -2.30. The van der Waals surface area contributed by atoms with Crippen molar-refractivity contribution in [2.75, 3.05) is 13.1 Å². The predicted octanol–water partition coefficient (Wildman–Crippen LogP) is 2.86. The number of rotatable bonds is 4. The summed E-state index contributed by atoms with van der Waals surface area (Å²) >= 11 is 0. The fraction of sp³-hybridized carbons (Fsp3) is 0.368. The molecule has 1 saturated heterocycles. The van der Waals surface area contributed by atoms with Gasteiger partial charge in [0.15, 0.2) is 0 Å². The van der Waals surface area contributed by atoms with Gasteiger partial charge in [-0.25, -0.2) is 0 Å². The van der Waals surface area contributed by atoms with E-state index in [-0.39, 0.29) is 11.8 Å². The van der Waals surface area contributed by atoms with Crippen LogP contribution in [0.3, 0.4) is 0 Å². The standard InChI is InChI=1S/C19H20N2O3/c22-18(17-9-8-16(20-17)13-4-2-1-3-5-13)21-10-14(12-6-7-12)15(11-21)19(23)24/h1-5,8-9,12,14-15,20H,6-7,10-11H2,(H,23,24)/t14-,15+/m1/s1. The second-order valence-corrected chi connectivity index (χ2v) is 6.81. The number of carboxylic acids is 1. The van der Waals surface area contributed by atoms with Gasteiger partial charge < -0.3 is 15.0 Å². The molecule has 5 heteroatoms. The van der Waals surface area contributed by atoms with Crippen LogP contribution in [0.4, 0.5) is 0 Å². The zero-order chi connectivity index (χ0) is 16.7. The van der Waals surface area contributed by atoms with E-state index in [0.29, 0.717) is 24.7 Å². The molecule has 0 spiro atoms. The molecule has 2 fully saturated rings. The minimum Gasteiger partial charge on any atom is -0.481 e. The summed E-state index contributed by atoms with van der Waals surface area (Å²) in [4.78, 5) is 29.1. The molecule has 5 nitrogen and oxygen atoms in total. The van der Waals surface area contributed by atoms with Gasteiger partial charge in [-0.2, -0.15) is 0 Å². The van der Waals surface area contributed by atoms with Crippen molar-refractivity contribution in [3.05, 3.63) is 48.2 Å². The Bertz CT molecular complexity index is 764. The lowest BCUT2D eigenvalue weighted by atomic mass is 9.92. The fourth-order valence-corrected chi connectivity index (χ4v) is 3.73. The number of hydrogen-bond acceptors (Lipinski definition) is 2. The number of H-pyrrole nitrogens is 1. The third kappa shape index (κ3) is 2.70. The van der Waals surface area contributed by atoms with Crippen molar-refractivity contribution in [3.8, 4) is 11.3 Å². The summed E-state index contributed by atoms with van der Waals surface area (Å²) in [7, 11) is 0. The first-order valence-corrected chi connectivity index (χ1v) is 8.40. The highest BCUT2D eigenvalue weighted by atomic mass is 16.4. The van der Waals surface area contributed by atoms with Crippen molar-refractivity contribution in [2.24, 2.45) is 17.8 Å². The van der Waals surface area contributed by atoms with Crippen LogP contribution in [0.15, 0.2) is 42.5 Å². The second kappa shape index (κ2) is 5.82. The molecule has 4 rings (SSSR count). The van der Waals surface area contributed by atoms with Crippen LogP contribution < -0.4 is 0 Å². The highest BCUT2D eigenvalue weighted by Gasteiger charge is 2.47. The number of nitrogens with one attached hydrogen (secondary N) is 1. The Morgan fingerprint density at radius 3 is 2.46 bits per heavy atom. The maximum absolute atomic E-state index is 12.8. The van der Waals surface area contributed by atoms with Gasteiger partial charge in [-0.15, -0.1) is 0 Å². The molecular weight excluding hydrogens is 304 g/mol. The maximum atomic E-state index is 12.8. The van der Waals surface area contributed by atoms with Gasteiger partial charge in [-0.05, 0) is 42.4 Å². The van der Waals surface area contributed by atoms with Crippen molar-refractivity contribution in [2.45, 2.75) is 12.8 Å². The van der Waals surface area contributed by atoms with Crippen LogP contribution in [0.5, 0.6) is 0 Å². The number of benzene rings is 1. The number of amides is 1. The van der Waals surface area contributed by atoms with Gasteiger partial charge in [-0.1, -0.05) is 30.3 Å². The Morgan fingerprint density at radius 2 is 1.79 bits per heavy atom. The summed E-state index contributed by atoms with van der Waals surface area (Å²) in [5, 5.41) is 9.44. The summed E-state index contributed by atoms with van der Waals surface area (Å²) < 4.78 is 0. The van der Waals surface area contributed by atoms with E-state index >= 15 is 0 Å². The molecule has 0 radical (unpaired) electrons. The first-order valence-electron chi connectivity index (χ1n) is 8.40. The third-order valence-electron chi connectivity index (χ3n) is 5.20. The molecule has 1 aliphatic heterocycles. The molecule has 1 aromatic carbocycles. The molecule has 1 aromatic heterocycles. The van der Waals surface area contributed by atoms with Crippen LogP contribution in [-0.4, -0.2) is 40.0 Å². The number of nitrogens with zero attached hydrogens (tertiary/aromatic N) is 1. The number of likely N-dealkylation sites (tertiary alicyclic amines) is 1. The van der Waals surface area contributed by atoms with Gasteiger partial charge in [-0.3, -0.25) is 9.59 Å². The molecule has 0 unspecified atom stereocenters. The lowest BCUT2D eigenvalue weighted by Gasteiger charge is -2.15. The molecule has 2 heterocycles. The smallest absolute Gasteiger partial charge is 0.308 e. The van der Waals surface area contributed by atoms with Crippen LogP contribution >= 0.6 is 0 Å². The van der Waals surface area contributed by atoms with Crippen molar-refractivity contribution in [1.82, 2.24) is 9.88 Å². The third-order valence-corrected chi connectivity index (χ3v) is 5.20. The van der Waals surface area contributed by atoms with Crippen LogP contribution in [0.2, 0.25) is 0 Å². The topological polar surface area (TPSA) is 73.4 Å². The average Bonchev–Trinajstić information content (AvgIpc) is 3.15. The average molecular weight is 324 g/mol. The van der Waals surface area contributed by atoms with Gasteiger partial charge in [0, 0.05) is 18.8 Å². The van der Waals surface area contributed by atoms with E-state index in [1.54, 1.807) is 11.0 Å². The van der Waals surface area contributed by atoms with Gasteiger partial charge in [0.1, 0.15) is 5.69 Å². The molecule has 124 valence electrons. The van der Waals surface area contributed by atoms with Crippen molar-refractivity contribution < 1.29 is 14.7 Å². The summed E-state index contributed by atoms with van der Waals surface area (Å²) in [6, 6.07) is 13.5. The van der Waals surface area contributed by atoms with Crippen molar-refractivity contribution >= 4 is 11.9 Å². The summed E-state index contributed by atoms with van der Waals surface area (Å²) in [5.41, 5.74) is 2.44. The van der Waals surface area contributed by atoms with Gasteiger partial charge in [0.2, 0.25) is 0 Å².